The number of benzene rings is 2. The largest absolute Gasteiger partial charge is 0.468 e. The standard InChI is InChI=1S/C17H12FN3O5S/c1-26-15(22)9-20-13-8-12(21(24)25)5-6-14(13)27-17(20)19-16(23)10-3-2-4-11(18)7-10/h2-8H,9H2,1H3. The molecule has 2 aromatic carbocycles. The molecule has 0 bridgehead atoms. The first-order chi connectivity index (χ1) is 12.9. The number of nitro benzene ring substituents is 1. The summed E-state index contributed by atoms with van der Waals surface area (Å²) >= 11 is 1.08. The molecule has 0 N–H and O–H groups in total. The van der Waals surface area contributed by atoms with Crippen molar-refractivity contribution in [3.63, 3.8) is 0 Å². The van der Waals surface area contributed by atoms with E-state index in [1.54, 1.807) is 0 Å². The number of halogens is 1. The number of hydrogen-bond acceptors (Lipinski definition) is 6. The quantitative estimate of drug-likeness (QED) is 0.388. The maximum atomic E-state index is 13.3. The Balaban J connectivity index is 2.18. The summed E-state index contributed by atoms with van der Waals surface area (Å²) in [5.41, 5.74) is 0.246. The molecule has 1 heterocycles. The molecule has 0 unspecified atom stereocenters. The van der Waals surface area contributed by atoms with Gasteiger partial charge in [0.25, 0.3) is 11.6 Å². The van der Waals surface area contributed by atoms with E-state index in [0.29, 0.717) is 10.2 Å². The molecular weight excluding hydrogens is 377 g/mol. The van der Waals surface area contributed by atoms with E-state index in [2.05, 4.69) is 9.73 Å². The second kappa shape index (κ2) is 7.46. The minimum absolute atomic E-state index is 0.0445. The molecule has 0 saturated heterocycles. The zero-order chi connectivity index (χ0) is 19.6. The summed E-state index contributed by atoms with van der Waals surface area (Å²) in [7, 11) is 1.20. The number of methoxy groups -OCH3 is 1. The summed E-state index contributed by atoms with van der Waals surface area (Å²) in [5, 5.41) is 11.0. The molecular formula is C17H12FN3O5S. The van der Waals surface area contributed by atoms with Gasteiger partial charge in [-0.1, -0.05) is 17.4 Å². The topological polar surface area (TPSA) is 104 Å². The van der Waals surface area contributed by atoms with Crippen LogP contribution in [-0.4, -0.2) is 28.5 Å². The number of nitro groups is 1. The molecule has 3 aromatic rings. The van der Waals surface area contributed by atoms with Crippen LogP contribution >= 0.6 is 11.3 Å². The monoisotopic (exact) mass is 389 g/mol. The number of ether oxygens (including phenoxy) is 1. The van der Waals surface area contributed by atoms with Crippen molar-refractivity contribution < 1.29 is 23.6 Å². The fourth-order valence-corrected chi connectivity index (χ4v) is 3.38. The van der Waals surface area contributed by atoms with Gasteiger partial charge in [-0.2, -0.15) is 4.99 Å². The third kappa shape index (κ3) is 3.90. The van der Waals surface area contributed by atoms with E-state index in [1.165, 1.54) is 48.1 Å². The van der Waals surface area contributed by atoms with E-state index in [0.717, 1.165) is 17.4 Å². The van der Waals surface area contributed by atoms with E-state index >= 15 is 0 Å². The number of nitrogens with zero attached hydrogens (tertiary/aromatic N) is 3. The van der Waals surface area contributed by atoms with E-state index < -0.39 is 22.6 Å². The van der Waals surface area contributed by atoms with Crippen LogP contribution in [0.25, 0.3) is 10.2 Å². The van der Waals surface area contributed by atoms with Crippen LogP contribution in [0.15, 0.2) is 47.5 Å². The Morgan fingerprint density at radius 3 is 2.74 bits per heavy atom. The van der Waals surface area contributed by atoms with Gasteiger partial charge in [-0.15, -0.1) is 0 Å². The zero-order valence-electron chi connectivity index (χ0n) is 13.9. The number of hydrogen-bond donors (Lipinski definition) is 0. The van der Waals surface area contributed by atoms with Crippen LogP contribution in [0.1, 0.15) is 10.4 Å². The molecule has 0 radical (unpaired) electrons. The highest BCUT2D eigenvalue weighted by Crippen LogP contribution is 2.23. The predicted octanol–water partition coefficient (Wildman–Crippen LogP) is 2.66. The van der Waals surface area contributed by atoms with Crippen LogP contribution in [-0.2, 0) is 16.1 Å². The van der Waals surface area contributed by atoms with Gasteiger partial charge in [-0.25, -0.2) is 4.39 Å². The summed E-state index contributed by atoms with van der Waals surface area (Å²) in [6.45, 7) is -0.285. The minimum atomic E-state index is -0.700. The van der Waals surface area contributed by atoms with Crippen molar-refractivity contribution in [2.24, 2.45) is 4.99 Å². The van der Waals surface area contributed by atoms with Gasteiger partial charge in [0.1, 0.15) is 12.4 Å². The molecule has 138 valence electrons. The molecule has 1 amide bonds. The SMILES string of the molecule is COC(=O)Cn1c(=NC(=O)c2cccc(F)c2)sc2ccc([N+](=O)[O-])cc21. The first-order valence-electron chi connectivity index (χ1n) is 7.58. The molecule has 0 aliphatic carbocycles. The van der Waals surface area contributed by atoms with Gasteiger partial charge in [0.05, 0.1) is 22.2 Å². The van der Waals surface area contributed by atoms with Crippen molar-refractivity contribution in [3.05, 3.63) is 68.8 Å². The molecule has 0 aliphatic heterocycles. The Hall–Kier alpha value is -3.40. The van der Waals surface area contributed by atoms with Gasteiger partial charge in [-0.3, -0.25) is 19.7 Å². The molecule has 10 heteroatoms. The van der Waals surface area contributed by atoms with Crippen LogP contribution in [0.4, 0.5) is 10.1 Å². The van der Waals surface area contributed by atoms with E-state index in [4.69, 9.17) is 0 Å². The third-order valence-corrected chi connectivity index (χ3v) is 4.72. The lowest BCUT2D eigenvalue weighted by Crippen LogP contribution is -2.22. The summed E-state index contributed by atoms with van der Waals surface area (Å²) in [6.07, 6.45) is 0. The van der Waals surface area contributed by atoms with Gasteiger partial charge < -0.3 is 9.30 Å². The molecule has 1 aromatic heterocycles. The summed E-state index contributed by atoms with van der Waals surface area (Å²) in [6, 6.07) is 9.17. The van der Waals surface area contributed by atoms with Crippen LogP contribution in [0, 0.1) is 15.9 Å². The van der Waals surface area contributed by atoms with Crippen LogP contribution < -0.4 is 4.80 Å². The van der Waals surface area contributed by atoms with Crippen molar-refractivity contribution in [2.75, 3.05) is 7.11 Å². The Labute approximate surface area is 155 Å². The zero-order valence-corrected chi connectivity index (χ0v) is 14.7. The molecule has 0 aliphatic rings. The van der Waals surface area contributed by atoms with Crippen molar-refractivity contribution in [1.29, 1.82) is 0 Å². The fraction of sp³-hybridized carbons (Fsp3) is 0.118. The number of fused-ring (bicyclic) bond motifs is 1. The summed E-state index contributed by atoms with van der Waals surface area (Å²) in [5.74, 6) is -1.89. The summed E-state index contributed by atoms with van der Waals surface area (Å²) in [4.78, 5) is 38.7. The highest BCUT2D eigenvalue weighted by atomic mass is 32.1. The number of amides is 1. The van der Waals surface area contributed by atoms with Crippen LogP contribution in [0.3, 0.4) is 0 Å². The number of rotatable bonds is 4. The van der Waals surface area contributed by atoms with Gasteiger partial charge in [0, 0.05) is 17.7 Å². The van der Waals surface area contributed by atoms with Crippen LogP contribution in [0.5, 0.6) is 0 Å². The number of carbonyl (C=O) groups excluding carboxylic acids is 2. The predicted molar refractivity (Wildman–Crippen MR) is 94.8 cm³/mol. The Morgan fingerprint density at radius 1 is 1.30 bits per heavy atom. The lowest BCUT2D eigenvalue weighted by molar-refractivity contribution is -0.384. The molecule has 8 nitrogen and oxygen atoms in total. The second-order valence-electron chi connectivity index (χ2n) is 5.38. The second-order valence-corrected chi connectivity index (χ2v) is 6.39. The van der Waals surface area contributed by atoms with Crippen molar-refractivity contribution >= 4 is 39.1 Å². The number of non-ortho nitro benzene ring substituents is 1. The van der Waals surface area contributed by atoms with Crippen molar-refractivity contribution in [3.8, 4) is 0 Å². The molecule has 3 rings (SSSR count). The number of aromatic nitrogens is 1. The molecule has 27 heavy (non-hydrogen) atoms. The number of carbonyl (C=O) groups is 2. The molecule has 0 fully saturated rings. The fourth-order valence-electron chi connectivity index (χ4n) is 2.38. The summed E-state index contributed by atoms with van der Waals surface area (Å²) < 4.78 is 19.9. The first kappa shape index (κ1) is 18.4. The average Bonchev–Trinajstić information content (AvgIpc) is 2.97. The third-order valence-electron chi connectivity index (χ3n) is 3.66. The Bertz CT molecular complexity index is 1140. The van der Waals surface area contributed by atoms with Crippen molar-refractivity contribution in [1.82, 2.24) is 4.57 Å². The Morgan fingerprint density at radius 2 is 2.07 bits per heavy atom. The van der Waals surface area contributed by atoms with Crippen LogP contribution in [0.2, 0.25) is 0 Å². The number of thiazole rings is 1. The van der Waals surface area contributed by atoms with Gasteiger partial charge >= 0.3 is 5.97 Å². The number of esters is 1. The van der Waals surface area contributed by atoms with Crippen molar-refractivity contribution in [2.45, 2.75) is 6.54 Å². The highest BCUT2D eigenvalue weighted by molar-refractivity contribution is 7.16. The molecule has 0 atom stereocenters. The maximum Gasteiger partial charge on any atom is 0.325 e. The van der Waals surface area contributed by atoms with E-state index in [1.807, 2.05) is 0 Å². The normalized spacial score (nSPS) is 11.6. The van der Waals surface area contributed by atoms with Gasteiger partial charge in [-0.05, 0) is 24.3 Å². The molecule has 0 spiro atoms. The minimum Gasteiger partial charge on any atom is -0.468 e. The van der Waals surface area contributed by atoms with E-state index in [-0.39, 0.29) is 22.6 Å². The Kier molecular flexibility index (Phi) is 5.08. The maximum absolute atomic E-state index is 13.3. The highest BCUT2D eigenvalue weighted by Gasteiger charge is 2.16. The van der Waals surface area contributed by atoms with Gasteiger partial charge in [0.2, 0.25) is 0 Å². The van der Waals surface area contributed by atoms with Gasteiger partial charge in [0.15, 0.2) is 4.80 Å². The van der Waals surface area contributed by atoms with E-state index in [9.17, 15) is 24.1 Å². The molecule has 0 saturated carbocycles. The lowest BCUT2D eigenvalue weighted by atomic mass is 10.2. The smallest absolute Gasteiger partial charge is 0.325 e. The average molecular weight is 389 g/mol. The first-order valence-corrected chi connectivity index (χ1v) is 8.40. The lowest BCUT2D eigenvalue weighted by Gasteiger charge is -2.03.